The molecule has 1 saturated carbocycles. The molecular formula is C15H23F2N3. The van der Waals surface area contributed by atoms with Gasteiger partial charge in [0.05, 0.1) is 0 Å². The van der Waals surface area contributed by atoms with E-state index in [1.165, 1.54) is 12.8 Å². The smallest absolute Gasteiger partial charge is 0.168 e. The van der Waals surface area contributed by atoms with Crippen LogP contribution in [0.1, 0.15) is 45.4 Å². The van der Waals surface area contributed by atoms with Gasteiger partial charge in [0.15, 0.2) is 23.3 Å². The Morgan fingerprint density at radius 1 is 1.20 bits per heavy atom. The summed E-state index contributed by atoms with van der Waals surface area (Å²) < 4.78 is 27.6. The number of nitrogens with zero attached hydrogens (tertiary/aromatic N) is 2. The van der Waals surface area contributed by atoms with Gasteiger partial charge in [0.25, 0.3) is 0 Å². The van der Waals surface area contributed by atoms with Crippen molar-refractivity contribution in [2.75, 3.05) is 23.8 Å². The molecule has 3 nitrogen and oxygen atoms in total. The Labute approximate surface area is 119 Å². The largest absolute Gasteiger partial charge is 0.368 e. The third kappa shape index (κ3) is 3.38. The molecule has 0 aromatic carbocycles. The molecular weight excluding hydrogens is 260 g/mol. The van der Waals surface area contributed by atoms with Crippen LogP contribution in [0.3, 0.4) is 0 Å². The number of halogens is 2. The predicted octanol–water partition coefficient (Wildman–Crippen LogP) is 3.95. The Hall–Kier alpha value is -1.39. The number of anilines is 2. The van der Waals surface area contributed by atoms with Gasteiger partial charge >= 0.3 is 0 Å². The molecule has 1 aliphatic carbocycles. The molecule has 1 aromatic heterocycles. The first-order valence-electron chi connectivity index (χ1n) is 7.46. The number of aromatic nitrogens is 1. The molecule has 112 valence electrons. The van der Waals surface area contributed by atoms with E-state index in [0.717, 1.165) is 31.7 Å². The van der Waals surface area contributed by atoms with E-state index >= 15 is 0 Å². The number of hydrogen-bond donors (Lipinski definition) is 1. The molecule has 0 atom stereocenters. The van der Waals surface area contributed by atoms with Crippen molar-refractivity contribution in [3.8, 4) is 0 Å². The average Bonchev–Trinajstić information content (AvgIpc) is 2.70. The van der Waals surface area contributed by atoms with Crippen molar-refractivity contribution in [1.29, 1.82) is 0 Å². The van der Waals surface area contributed by atoms with Crippen molar-refractivity contribution >= 4 is 11.6 Å². The molecule has 20 heavy (non-hydrogen) atoms. The molecule has 0 spiro atoms. The maximum Gasteiger partial charge on any atom is 0.168 e. The molecule has 5 heteroatoms. The standard InChI is InChI=1S/C15H23F2N3/c1-3-18-14-12(16)10-13(17)15(19-14)20(2)11-8-6-4-5-7-9-11/h10-11H,3-9H2,1-2H3,(H,18,19). The molecule has 1 fully saturated rings. The van der Waals surface area contributed by atoms with Crippen LogP contribution < -0.4 is 10.2 Å². The van der Waals surface area contributed by atoms with Gasteiger partial charge in [-0.2, -0.15) is 0 Å². The van der Waals surface area contributed by atoms with Gasteiger partial charge in [-0.15, -0.1) is 0 Å². The maximum atomic E-state index is 14.0. The summed E-state index contributed by atoms with van der Waals surface area (Å²) >= 11 is 0. The zero-order valence-electron chi connectivity index (χ0n) is 12.3. The SMILES string of the molecule is CCNc1nc(N(C)C2CCCCCC2)c(F)cc1F. The van der Waals surface area contributed by atoms with Crippen LogP contribution in [0.2, 0.25) is 0 Å². The molecule has 1 aromatic rings. The first-order chi connectivity index (χ1) is 9.63. The van der Waals surface area contributed by atoms with E-state index in [2.05, 4.69) is 10.3 Å². The average molecular weight is 283 g/mol. The minimum atomic E-state index is -0.637. The second-order valence-electron chi connectivity index (χ2n) is 5.41. The van der Waals surface area contributed by atoms with E-state index in [0.29, 0.717) is 12.6 Å². The van der Waals surface area contributed by atoms with Crippen molar-refractivity contribution in [2.45, 2.75) is 51.5 Å². The number of rotatable bonds is 4. The highest BCUT2D eigenvalue weighted by Gasteiger charge is 2.22. The minimum Gasteiger partial charge on any atom is -0.368 e. The van der Waals surface area contributed by atoms with Crippen LogP contribution in [-0.2, 0) is 0 Å². The summed E-state index contributed by atoms with van der Waals surface area (Å²) in [7, 11) is 1.86. The summed E-state index contributed by atoms with van der Waals surface area (Å²) in [4.78, 5) is 6.01. The van der Waals surface area contributed by atoms with Crippen molar-refractivity contribution in [3.05, 3.63) is 17.7 Å². The van der Waals surface area contributed by atoms with E-state index in [1.54, 1.807) is 0 Å². The van der Waals surface area contributed by atoms with Crippen LogP contribution in [-0.4, -0.2) is 24.6 Å². The molecule has 0 aliphatic heterocycles. The molecule has 0 radical (unpaired) electrons. The molecule has 1 N–H and O–H groups in total. The van der Waals surface area contributed by atoms with Gasteiger partial charge in [-0.1, -0.05) is 25.7 Å². The highest BCUT2D eigenvalue weighted by Crippen LogP contribution is 2.28. The zero-order chi connectivity index (χ0) is 14.5. The normalized spacial score (nSPS) is 16.8. The Bertz CT molecular complexity index is 443. The number of nitrogens with one attached hydrogen (secondary N) is 1. The number of hydrogen-bond acceptors (Lipinski definition) is 3. The molecule has 0 unspecified atom stereocenters. The van der Waals surface area contributed by atoms with E-state index in [-0.39, 0.29) is 11.6 Å². The van der Waals surface area contributed by atoms with Gasteiger partial charge in [-0.05, 0) is 19.8 Å². The summed E-state index contributed by atoms with van der Waals surface area (Å²) in [6, 6.07) is 1.22. The van der Waals surface area contributed by atoms with Crippen LogP contribution >= 0.6 is 0 Å². The van der Waals surface area contributed by atoms with Gasteiger partial charge in [-0.3, -0.25) is 0 Å². The fourth-order valence-corrected chi connectivity index (χ4v) is 2.81. The van der Waals surface area contributed by atoms with Gasteiger partial charge in [0.1, 0.15) is 0 Å². The molecule has 0 bridgehead atoms. The number of pyridine rings is 1. The Morgan fingerprint density at radius 2 is 1.85 bits per heavy atom. The fourth-order valence-electron chi connectivity index (χ4n) is 2.81. The van der Waals surface area contributed by atoms with E-state index in [4.69, 9.17) is 0 Å². The molecule has 1 aliphatic rings. The highest BCUT2D eigenvalue weighted by molar-refractivity contribution is 5.49. The monoisotopic (exact) mass is 283 g/mol. The lowest BCUT2D eigenvalue weighted by Crippen LogP contribution is -2.32. The highest BCUT2D eigenvalue weighted by atomic mass is 19.1. The van der Waals surface area contributed by atoms with E-state index < -0.39 is 11.6 Å². The molecule has 0 amide bonds. The summed E-state index contributed by atoms with van der Waals surface area (Å²) in [5.41, 5.74) is 0. The summed E-state index contributed by atoms with van der Waals surface area (Å²) in [5.74, 6) is -0.850. The summed E-state index contributed by atoms with van der Waals surface area (Å²) in [6.45, 7) is 2.42. The lowest BCUT2D eigenvalue weighted by molar-refractivity contribution is 0.524. The summed E-state index contributed by atoms with van der Waals surface area (Å²) in [5, 5.41) is 2.83. The van der Waals surface area contributed by atoms with Crippen LogP contribution in [0.4, 0.5) is 20.4 Å². The first kappa shape index (κ1) is 15.0. The lowest BCUT2D eigenvalue weighted by Gasteiger charge is -2.28. The Kier molecular flexibility index (Phi) is 5.15. The van der Waals surface area contributed by atoms with Crippen LogP contribution in [0.25, 0.3) is 0 Å². The maximum absolute atomic E-state index is 14.0. The molecule has 0 saturated heterocycles. The fraction of sp³-hybridized carbons (Fsp3) is 0.667. The Balaban J connectivity index is 2.23. The van der Waals surface area contributed by atoms with Gasteiger partial charge < -0.3 is 10.2 Å². The Morgan fingerprint density at radius 3 is 2.45 bits per heavy atom. The second-order valence-corrected chi connectivity index (χ2v) is 5.41. The quantitative estimate of drug-likeness (QED) is 0.848. The van der Waals surface area contributed by atoms with Crippen molar-refractivity contribution in [1.82, 2.24) is 4.98 Å². The summed E-state index contributed by atoms with van der Waals surface area (Å²) in [6.07, 6.45) is 6.91. The van der Waals surface area contributed by atoms with Gasteiger partial charge in [0, 0.05) is 25.7 Å². The van der Waals surface area contributed by atoms with E-state index in [1.807, 2.05) is 18.9 Å². The lowest BCUT2D eigenvalue weighted by atomic mass is 10.1. The van der Waals surface area contributed by atoms with Crippen LogP contribution in [0, 0.1) is 11.6 Å². The van der Waals surface area contributed by atoms with Crippen molar-refractivity contribution in [2.24, 2.45) is 0 Å². The third-order valence-corrected chi connectivity index (χ3v) is 3.96. The topological polar surface area (TPSA) is 28.2 Å². The molecule has 2 rings (SSSR count). The predicted molar refractivity (Wildman–Crippen MR) is 78.2 cm³/mol. The van der Waals surface area contributed by atoms with Gasteiger partial charge in [0.2, 0.25) is 0 Å². The minimum absolute atomic E-state index is 0.129. The second kappa shape index (κ2) is 6.86. The van der Waals surface area contributed by atoms with E-state index in [9.17, 15) is 8.78 Å². The first-order valence-corrected chi connectivity index (χ1v) is 7.46. The van der Waals surface area contributed by atoms with Crippen molar-refractivity contribution < 1.29 is 8.78 Å². The third-order valence-electron chi connectivity index (χ3n) is 3.96. The molecule has 1 heterocycles. The van der Waals surface area contributed by atoms with Crippen molar-refractivity contribution in [3.63, 3.8) is 0 Å². The van der Waals surface area contributed by atoms with Crippen LogP contribution in [0.5, 0.6) is 0 Å². The van der Waals surface area contributed by atoms with Gasteiger partial charge in [-0.25, -0.2) is 13.8 Å². The van der Waals surface area contributed by atoms with Crippen LogP contribution in [0.15, 0.2) is 6.07 Å². The zero-order valence-corrected chi connectivity index (χ0v) is 12.3.